The molecule has 2 N–H and O–H groups in total. The molecule has 7 nitrogen and oxygen atoms in total. The van der Waals surface area contributed by atoms with Gasteiger partial charge in [-0.1, -0.05) is 25.1 Å². The number of hydrogen-bond donors (Lipinski definition) is 2. The van der Waals surface area contributed by atoms with Gasteiger partial charge in [0.1, 0.15) is 5.75 Å². The van der Waals surface area contributed by atoms with Crippen molar-refractivity contribution in [1.29, 1.82) is 0 Å². The number of esters is 1. The highest BCUT2D eigenvalue weighted by Crippen LogP contribution is 2.29. The van der Waals surface area contributed by atoms with Gasteiger partial charge in [-0.2, -0.15) is 0 Å². The van der Waals surface area contributed by atoms with Crippen LogP contribution in [0.5, 0.6) is 5.75 Å². The predicted octanol–water partition coefficient (Wildman–Crippen LogP) is 5.24. The van der Waals surface area contributed by atoms with Crippen LogP contribution >= 0.6 is 11.8 Å². The molecule has 34 heavy (non-hydrogen) atoms. The monoisotopic (exact) mass is 478 g/mol. The van der Waals surface area contributed by atoms with Crippen LogP contribution in [0.25, 0.3) is 0 Å². The summed E-state index contributed by atoms with van der Waals surface area (Å²) >= 11 is 1.38. The summed E-state index contributed by atoms with van der Waals surface area (Å²) in [6, 6.07) is 20.9. The summed E-state index contributed by atoms with van der Waals surface area (Å²) in [5.41, 5.74) is 1.83. The molecule has 0 bridgehead atoms. The highest BCUT2D eigenvalue weighted by Gasteiger charge is 2.21. The van der Waals surface area contributed by atoms with Crippen molar-refractivity contribution in [2.24, 2.45) is 0 Å². The molecule has 3 aromatic rings. The molecule has 8 heteroatoms. The molecule has 1 unspecified atom stereocenters. The smallest absolute Gasteiger partial charge is 0.339 e. The van der Waals surface area contributed by atoms with Gasteiger partial charge in [-0.3, -0.25) is 9.59 Å². The van der Waals surface area contributed by atoms with Crippen LogP contribution in [0.1, 0.15) is 34.1 Å². The minimum Gasteiger partial charge on any atom is -0.497 e. The van der Waals surface area contributed by atoms with Crippen molar-refractivity contribution in [2.45, 2.75) is 23.5 Å². The molecule has 2 amide bonds. The Morgan fingerprint density at radius 2 is 1.65 bits per heavy atom. The molecule has 0 fully saturated rings. The summed E-state index contributed by atoms with van der Waals surface area (Å²) in [6.45, 7) is 1.92. The number of carbonyl (C=O) groups is 3. The number of thioether (sulfide) groups is 1. The van der Waals surface area contributed by atoms with Crippen LogP contribution in [0.2, 0.25) is 0 Å². The van der Waals surface area contributed by atoms with Crippen molar-refractivity contribution in [1.82, 2.24) is 0 Å². The summed E-state index contributed by atoms with van der Waals surface area (Å²) in [5, 5.41) is 5.31. The fourth-order valence-corrected chi connectivity index (χ4v) is 4.19. The average Bonchev–Trinajstić information content (AvgIpc) is 2.87. The maximum absolute atomic E-state index is 12.9. The van der Waals surface area contributed by atoms with Gasteiger partial charge in [0.25, 0.3) is 5.91 Å². The lowest BCUT2D eigenvalue weighted by Crippen LogP contribution is -2.25. The number of nitrogens with one attached hydrogen (secondary N) is 2. The standard InChI is InChI=1S/C26H26N2O5S/c1-4-23(25(30)28-22-11-6-5-10-21(22)26(31)33-3)34-20-9-7-8-18(16-20)27-24(29)17-12-14-19(32-2)15-13-17/h5-16,23H,4H2,1-3H3,(H,27,29)(H,28,30). The van der Waals surface area contributed by atoms with Crippen LogP contribution in [0.3, 0.4) is 0 Å². The van der Waals surface area contributed by atoms with Crippen LogP contribution in [0.4, 0.5) is 11.4 Å². The fraction of sp³-hybridized carbons (Fsp3) is 0.192. The predicted molar refractivity (Wildman–Crippen MR) is 134 cm³/mol. The Labute approximate surface area is 202 Å². The van der Waals surface area contributed by atoms with Gasteiger partial charge < -0.3 is 20.1 Å². The summed E-state index contributed by atoms with van der Waals surface area (Å²) in [5.74, 6) is -0.310. The first kappa shape index (κ1) is 24.9. The Kier molecular flexibility index (Phi) is 8.70. The lowest BCUT2D eigenvalue weighted by atomic mass is 10.1. The van der Waals surface area contributed by atoms with Gasteiger partial charge in [0.2, 0.25) is 5.91 Å². The average molecular weight is 479 g/mol. The number of carbonyl (C=O) groups excluding carboxylic acids is 3. The Hall–Kier alpha value is -3.78. The normalized spacial score (nSPS) is 11.3. The molecule has 0 aromatic heterocycles. The van der Waals surface area contributed by atoms with Crippen LogP contribution in [0.15, 0.2) is 77.7 Å². The number of para-hydroxylation sites is 1. The molecule has 0 aliphatic carbocycles. The van der Waals surface area contributed by atoms with Gasteiger partial charge in [-0.25, -0.2) is 4.79 Å². The van der Waals surface area contributed by atoms with E-state index >= 15 is 0 Å². The van der Waals surface area contributed by atoms with E-state index in [0.29, 0.717) is 34.7 Å². The largest absolute Gasteiger partial charge is 0.497 e. The van der Waals surface area contributed by atoms with E-state index in [0.717, 1.165) is 4.90 Å². The molecule has 0 saturated heterocycles. The van der Waals surface area contributed by atoms with Gasteiger partial charge in [0.15, 0.2) is 0 Å². The van der Waals surface area contributed by atoms with Crippen molar-refractivity contribution in [2.75, 3.05) is 24.9 Å². The summed E-state index contributed by atoms with van der Waals surface area (Å²) in [6.07, 6.45) is 0.569. The third-order valence-corrected chi connectivity index (χ3v) is 6.33. The van der Waals surface area contributed by atoms with E-state index < -0.39 is 11.2 Å². The van der Waals surface area contributed by atoms with Gasteiger partial charge in [-0.05, 0) is 61.0 Å². The molecule has 176 valence electrons. The minimum absolute atomic E-state index is 0.225. The summed E-state index contributed by atoms with van der Waals surface area (Å²) < 4.78 is 9.91. The van der Waals surface area contributed by atoms with Gasteiger partial charge >= 0.3 is 5.97 Å². The zero-order chi connectivity index (χ0) is 24.5. The molecule has 3 rings (SSSR count). The zero-order valence-electron chi connectivity index (χ0n) is 19.2. The van der Waals surface area contributed by atoms with Crippen molar-refractivity contribution in [3.8, 4) is 5.75 Å². The van der Waals surface area contributed by atoms with Gasteiger partial charge in [0.05, 0.1) is 30.7 Å². The lowest BCUT2D eigenvalue weighted by Gasteiger charge is -2.17. The summed E-state index contributed by atoms with van der Waals surface area (Å²) in [7, 11) is 2.87. The topological polar surface area (TPSA) is 93.7 Å². The van der Waals surface area contributed by atoms with E-state index in [4.69, 9.17) is 9.47 Å². The Balaban J connectivity index is 1.68. The molecular formula is C26H26N2O5S. The second-order valence-corrected chi connectivity index (χ2v) is 8.53. The van der Waals surface area contributed by atoms with Crippen LogP contribution in [-0.2, 0) is 9.53 Å². The first-order chi connectivity index (χ1) is 16.4. The molecule has 0 radical (unpaired) electrons. The van der Waals surface area contributed by atoms with Crippen LogP contribution < -0.4 is 15.4 Å². The van der Waals surface area contributed by atoms with E-state index in [9.17, 15) is 14.4 Å². The fourth-order valence-electron chi connectivity index (χ4n) is 3.17. The number of ether oxygens (including phenoxy) is 2. The van der Waals surface area contributed by atoms with Gasteiger partial charge in [-0.15, -0.1) is 11.8 Å². The van der Waals surface area contributed by atoms with Crippen molar-refractivity contribution in [3.05, 3.63) is 83.9 Å². The van der Waals surface area contributed by atoms with E-state index in [2.05, 4.69) is 10.6 Å². The molecule has 0 spiro atoms. The number of rotatable bonds is 9. The van der Waals surface area contributed by atoms with Crippen LogP contribution in [0, 0.1) is 0 Å². The van der Waals surface area contributed by atoms with E-state index in [1.165, 1.54) is 18.9 Å². The molecule has 0 aliphatic rings. The van der Waals surface area contributed by atoms with E-state index in [1.54, 1.807) is 61.7 Å². The van der Waals surface area contributed by atoms with Crippen LogP contribution in [-0.4, -0.2) is 37.3 Å². The number of hydrogen-bond acceptors (Lipinski definition) is 6. The third kappa shape index (κ3) is 6.39. The van der Waals surface area contributed by atoms with Crippen molar-refractivity contribution >= 4 is 40.9 Å². The molecule has 0 aliphatic heterocycles. The highest BCUT2D eigenvalue weighted by atomic mass is 32.2. The Bertz CT molecular complexity index is 1160. The van der Waals surface area contributed by atoms with Crippen molar-refractivity contribution in [3.63, 3.8) is 0 Å². The second kappa shape index (κ2) is 11.9. The maximum atomic E-state index is 12.9. The third-order valence-electron chi connectivity index (χ3n) is 4.98. The number of amides is 2. The number of anilines is 2. The maximum Gasteiger partial charge on any atom is 0.339 e. The Morgan fingerprint density at radius 3 is 2.32 bits per heavy atom. The number of benzene rings is 3. The first-order valence-corrected chi connectivity index (χ1v) is 11.5. The Morgan fingerprint density at radius 1 is 0.912 bits per heavy atom. The highest BCUT2D eigenvalue weighted by molar-refractivity contribution is 8.00. The SMILES string of the molecule is CCC(Sc1cccc(NC(=O)c2ccc(OC)cc2)c1)C(=O)Nc1ccccc1C(=O)OC. The number of methoxy groups -OCH3 is 2. The summed E-state index contributed by atoms with van der Waals surface area (Å²) in [4.78, 5) is 38.3. The van der Waals surface area contributed by atoms with E-state index in [-0.39, 0.29) is 11.8 Å². The molecule has 1 atom stereocenters. The quantitative estimate of drug-likeness (QED) is 0.323. The first-order valence-electron chi connectivity index (χ1n) is 10.7. The zero-order valence-corrected chi connectivity index (χ0v) is 20.0. The van der Waals surface area contributed by atoms with E-state index in [1.807, 2.05) is 25.1 Å². The molecule has 0 saturated carbocycles. The molecule has 0 heterocycles. The van der Waals surface area contributed by atoms with Crippen molar-refractivity contribution < 1.29 is 23.9 Å². The lowest BCUT2D eigenvalue weighted by molar-refractivity contribution is -0.115. The minimum atomic E-state index is -0.517. The second-order valence-electron chi connectivity index (χ2n) is 7.25. The molecular weight excluding hydrogens is 452 g/mol. The molecule has 3 aromatic carbocycles. The van der Waals surface area contributed by atoms with Gasteiger partial charge in [0, 0.05) is 16.1 Å².